The lowest BCUT2D eigenvalue weighted by Crippen LogP contribution is -2.32. The molecule has 1 saturated heterocycles. The average molecular weight is 277 g/mol. The first-order chi connectivity index (χ1) is 9.54. The van der Waals surface area contributed by atoms with Crippen molar-refractivity contribution in [2.75, 3.05) is 13.1 Å². The number of benzene rings is 1. The van der Waals surface area contributed by atoms with Crippen LogP contribution in [-0.4, -0.2) is 42.1 Å². The summed E-state index contributed by atoms with van der Waals surface area (Å²) in [7, 11) is 0. The zero-order valence-electron chi connectivity index (χ0n) is 11.7. The molecule has 1 aliphatic heterocycles. The summed E-state index contributed by atoms with van der Waals surface area (Å²) in [5.41, 5.74) is 1.18. The Hall–Kier alpha value is -1.88. The van der Waals surface area contributed by atoms with E-state index >= 15 is 0 Å². The van der Waals surface area contributed by atoms with Crippen LogP contribution in [0.5, 0.6) is 0 Å². The van der Waals surface area contributed by atoms with Gasteiger partial charge in [0.25, 0.3) is 0 Å². The predicted molar refractivity (Wildman–Crippen MR) is 72.8 cm³/mol. The highest BCUT2D eigenvalue weighted by Gasteiger charge is 2.37. The third kappa shape index (κ3) is 4.06. The summed E-state index contributed by atoms with van der Waals surface area (Å²) in [6.07, 6.45) is -0.778. The molecule has 0 radical (unpaired) electrons. The molecule has 5 heteroatoms. The van der Waals surface area contributed by atoms with Crippen molar-refractivity contribution >= 4 is 11.9 Å². The molecule has 2 atom stereocenters. The summed E-state index contributed by atoms with van der Waals surface area (Å²) in [5, 5.41) is 0. The fraction of sp³-hybridized carbons (Fsp3) is 0.467. The van der Waals surface area contributed by atoms with Crippen molar-refractivity contribution in [2.45, 2.75) is 32.6 Å². The first kappa shape index (κ1) is 14.5. The van der Waals surface area contributed by atoms with Gasteiger partial charge in [-0.3, -0.25) is 14.5 Å². The highest BCUT2D eigenvalue weighted by atomic mass is 16.6. The zero-order chi connectivity index (χ0) is 14.5. The quantitative estimate of drug-likeness (QED) is 0.778. The Bertz CT molecular complexity index is 450. The normalized spacial score (nSPS) is 22.5. The van der Waals surface area contributed by atoms with E-state index in [9.17, 15) is 9.59 Å². The summed E-state index contributed by atoms with van der Waals surface area (Å²) >= 11 is 0. The number of esters is 2. The van der Waals surface area contributed by atoms with E-state index in [1.54, 1.807) is 0 Å². The molecule has 0 bridgehead atoms. The first-order valence-corrected chi connectivity index (χ1v) is 6.65. The molecular formula is C15H19NO4. The maximum Gasteiger partial charge on any atom is 0.303 e. The molecule has 2 rings (SSSR count). The Morgan fingerprint density at radius 3 is 2.00 bits per heavy atom. The fourth-order valence-electron chi connectivity index (χ4n) is 2.44. The second kappa shape index (κ2) is 6.52. The molecule has 0 N–H and O–H groups in total. The van der Waals surface area contributed by atoms with Gasteiger partial charge in [-0.2, -0.15) is 0 Å². The first-order valence-electron chi connectivity index (χ1n) is 6.65. The van der Waals surface area contributed by atoms with Gasteiger partial charge >= 0.3 is 11.9 Å². The number of hydrogen-bond donors (Lipinski definition) is 0. The maximum absolute atomic E-state index is 11.1. The van der Waals surface area contributed by atoms with E-state index in [-0.39, 0.29) is 24.1 Å². The molecule has 108 valence electrons. The van der Waals surface area contributed by atoms with Gasteiger partial charge in [-0.1, -0.05) is 30.3 Å². The Kier molecular flexibility index (Phi) is 4.74. The third-order valence-electron chi connectivity index (χ3n) is 3.17. The minimum absolute atomic E-state index is 0.353. The van der Waals surface area contributed by atoms with E-state index in [1.807, 2.05) is 30.3 Å². The summed E-state index contributed by atoms with van der Waals surface area (Å²) in [4.78, 5) is 24.4. The molecule has 1 aliphatic rings. The van der Waals surface area contributed by atoms with Crippen LogP contribution in [0.3, 0.4) is 0 Å². The Labute approximate surface area is 118 Å². The highest BCUT2D eigenvalue weighted by Crippen LogP contribution is 2.19. The minimum atomic E-state index is -0.389. The topological polar surface area (TPSA) is 55.8 Å². The molecule has 0 spiro atoms. The van der Waals surface area contributed by atoms with Gasteiger partial charge in [0.05, 0.1) is 0 Å². The molecule has 0 amide bonds. The number of nitrogens with zero attached hydrogens (tertiary/aromatic N) is 1. The predicted octanol–water partition coefficient (Wildman–Crippen LogP) is 1.37. The van der Waals surface area contributed by atoms with Gasteiger partial charge in [0.15, 0.2) is 12.2 Å². The maximum atomic E-state index is 11.1. The summed E-state index contributed by atoms with van der Waals surface area (Å²) in [6, 6.07) is 10.0. The highest BCUT2D eigenvalue weighted by molar-refractivity contribution is 5.67. The lowest BCUT2D eigenvalue weighted by Gasteiger charge is -2.17. The van der Waals surface area contributed by atoms with Crippen LogP contribution in [0.4, 0.5) is 0 Å². The fourth-order valence-corrected chi connectivity index (χ4v) is 2.44. The lowest BCUT2D eigenvalue weighted by atomic mass is 10.2. The van der Waals surface area contributed by atoms with Gasteiger partial charge in [0, 0.05) is 33.5 Å². The zero-order valence-corrected chi connectivity index (χ0v) is 11.7. The molecule has 1 heterocycles. The molecule has 5 nitrogen and oxygen atoms in total. The van der Waals surface area contributed by atoms with Crippen molar-refractivity contribution in [3.63, 3.8) is 0 Å². The second-order valence-electron chi connectivity index (χ2n) is 4.98. The monoisotopic (exact) mass is 277 g/mol. The molecule has 0 unspecified atom stereocenters. The van der Waals surface area contributed by atoms with E-state index in [1.165, 1.54) is 19.4 Å². The van der Waals surface area contributed by atoms with E-state index in [4.69, 9.17) is 9.47 Å². The third-order valence-corrected chi connectivity index (χ3v) is 3.17. The number of rotatable bonds is 4. The van der Waals surface area contributed by atoms with Crippen molar-refractivity contribution < 1.29 is 19.1 Å². The van der Waals surface area contributed by atoms with Crippen LogP contribution in [0.25, 0.3) is 0 Å². The Balaban J connectivity index is 1.99. The van der Waals surface area contributed by atoms with Gasteiger partial charge in [0.2, 0.25) is 0 Å². The summed E-state index contributed by atoms with van der Waals surface area (Å²) in [6.45, 7) is 4.63. The van der Waals surface area contributed by atoms with Gasteiger partial charge in [-0.15, -0.1) is 0 Å². The summed E-state index contributed by atoms with van der Waals surface area (Å²) in [5.74, 6) is -0.706. The molecule has 20 heavy (non-hydrogen) atoms. The Morgan fingerprint density at radius 2 is 1.55 bits per heavy atom. The average Bonchev–Trinajstić information content (AvgIpc) is 2.70. The van der Waals surface area contributed by atoms with Crippen molar-refractivity contribution in [1.29, 1.82) is 0 Å². The van der Waals surface area contributed by atoms with E-state index in [0.717, 1.165) is 6.54 Å². The Morgan fingerprint density at radius 1 is 1.05 bits per heavy atom. The van der Waals surface area contributed by atoms with Gasteiger partial charge in [0.1, 0.15) is 0 Å². The van der Waals surface area contributed by atoms with Crippen molar-refractivity contribution in [1.82, 2.24) is 4.90 Å². The number of likely N-dealkylation sites (tertiary alicyclic amines) is 1. The van der Waals surface area contributed by atoms with Gasteiger partial charge in [-0.05, 0) is 5.56 Å². The molecule has 0 aromatic heterocycles. The number of ether oxygens (including phenoxy) is 2. The van der Waals surface area contributed by atoms with Crippen LogP contribution in [-0.2, 0) is 25.6 Å². The van der Waals surface area contributed by atoms with E-state index in [0.29, 0.717) is 13.1 Å². The standard InChI is InChI=1S/C15H19NO4/c1-11(17)19-14-9-16(10-15(14)20-12(2)18)8-13-6-4-3-5-7-13/h3-7,14-15H,8-10H2,1-2H3/t14-,15-/m1/s1. The van der Waals surface area contributed by atoms with Crippen LogP contribution >= 0.6 is 0 Å². The van der Waals surface area contributed by atoms with Crippen LogP contribution in [0.1, 0.15) is 19.4 Å². The SMILES string of the molecule is CC(=O)O[C@@H]1CN(Cc2ccccc2)C[C@H]1OC(C)=O. The number of carbonyl (C=O) groups is 2. The largest absolute Gasteiger partial charge is 0.457 e. The van der Waals surface area contributed by atoms with Crippen molar-refractivity contribution in [3.8, 4) is 0 Å². The van der Waals surface area contributed by atoms with E-state index in [2.05, 4.69) is 4.90 Å². The molecule has 0 saturated carbocycles. The number of hydrogen-bond acceptors (Lipinski definition) is 5. The molecule has 1 aromatic rings. The van der Waals surface area contributed by atoms with E-state index < -0.39 is 0 Å². The van der Waals surface area contributed by atoms with Crippen LogP contribution in [0, 0.1) is 0 Å². The molecule has 1 fully saturated rings. The van der Waals surface area contributed by atoms with Gasteiger partial charge in [-0.25, -0.2) is 0 Å². The van der Waals surface area contributed by atoms with Crippen LogP contribution in [0.15, 0.2) is 30.3 Å². The van der Waals surface area contributed by atoms with Crippen LogP contribution in [0.2, 0.25) is 0 Å². The van der Waals surface area contributed by atoms with Crippen molar-refractivity contribution in [2.24, 2.45) is 0 Å². The van der Waals surface area contributed by atoms with Crippen LogP contribution < -0.4 is 0 Å². The second-order valence-corrected chi connectivity index (χ2v) is 4.98. The smallest absolute Gasteiger partial charge is 0.303 e. The van der Waals surface area contributed by atoms with Gasteiger partial charge < -0.3 is 9.47 Å². The summed E-state index contributed by atoms with van der Waals surface area (Å²) < 4.78 is 10.5. The van der Waals surface area contributed by atoms with Crippen molar-refractivity contribution in [3.05, 3.63) is 35.9 Å². The number of carbonyl (C=O) groups excluding carboxylic acids is 2. The lowest BCUT2D eigenvalue weighted by molar-refractivity contribution is -0.160. The minimum Gasteiger partial charge on any atom is -0.457 e. The molecular weight excluding hydrogens is 258 g/mol. The molecule has 1 aromatic carbocycles. The molecule has 0 aliphatic carbocycles.